The molecule has 0 amide bonds. The van der Waals surface area contributed by atoms with E-state index in [4.69, 9.17) is 20.5 Å². The molecule has 0 aliphatic carbocycles. The van der Waals surface area contributed by atoms with Gasteiger partial charge in [-0.1, -0.05) is 27.5 Å². The largest absolute Gasteiger partial charge is 0.492 e. The normalized spacial score (nSPS) is 11.5. The zero-order chi connectivity index (χ0) is 18.0. The average Bonchev–Trinajstić information content (AvgIpc) is 2.59. The van der Waals surface area contributed by atoms with Crippen LogP contribution in [-0.2, 0) is 10.1 Å². The summed E-state index contributed by atoms with van der Waals surface area (Å²) < 4.78 is 36.9. The molecule has 0 unspecified atom stereocenters. The van der Waals surface area contributed by atoms with Crippen molar-refractivity contribution in [1.29, 1.82) is 0 Å². The molecule has 0 spiro atoms. The van der Waals surface area contributed by atoms with Crippen LogP contribution in [0.4, 0.5) is 0 Å². The SMILES string of the molecule is CCOc1ccc(Br)cc1S(=O)(=O)Oc1ccc(Cl)c2cccnc12. The molecule has 3 aromatic rings. The predicted molar refractivity (Wildman–Crippen MR) is 99.9 cm³/mol. The molecular weight excluding hydrogens is 430 g/mol. The second-order valence-corrected chi connectivity index (χ2v) is 7.84. The first-order valence-corrected chi connectivity index (χ1v) is 9.90. The van der Waals surface area contributed by atoms with Crippen LogP contribution in [0.2, 0.25) is 5.02 Å². The van der Waals surface area contributed by atoms with Crippen molar-refractivity contribution in [3.05, 3.63) is 58.2 Å². The zero-order valence-corrected chi connectivity index (χ0v) is 16.2. The number of halogens is 2. The minimum atomic E-state index is -4.13. The molecule has 3 rings (SSSR count). The molecule has 5 nitrogen and oxygen atoms in total. The van der Waals surface area contributed by atoms with Crippen molar-refractivity contribution in [3.8, 4) is 11.5 Å². The molecule has 0 fully saturated rings. The van der Waals surface area contributed by atoms with Gasteiger partial charge in [-0.05, 0) is 49.4 Å². The number of rotatable bonds is 5. The third-order valence-electron chi connectivity index (χ3n) is 3.35. The molecule has 0 saturated heterocycles. The fourth-order valence-electron chi connectivity index (χ4n) is 2.29. The van der Waals surface area contributed by atoms with Crippen molar-refractivity contribution in [1.82, 2.24) is 4.98 Å². The van der Waals surface area contributed by atoms with Gasteiger partial charge in [0.2, 0.25) is 0 Å². The first kappa shape index (κ1) is 18.0. The van der Waals surface area contributed by atoms with E-state index in [-0.39, 0.29) is 16.4 Å². The summed E-state index contributed by atoms with van der Waals surface area (Å²) in [6.07, 6.45) is 1.54. The van der Waals surface area contributed by atoms with Crippen LogP contribution < -0.4 is 8.92 Å². The highest BCUT2D eigenvalue weighted by Gasteiger charge is 2.24. The van der Waals surface area contributed by atoms with Gasteiger partial charge in [0.25, 0.3) is 0 Å². The van der Waals surface area contributed by atoms with Crippen LogP contribution in [0, 0.1) is 0 Å². The van der Waals surface area contributed by atoms with Crippen molar-refractivity contribution in [2.75, 3.05) is 6.61 Å². The Kier molecular flexibility index (Phi) is 5.17. The molecule has 0 saturated carbocycles. The van der Waals surface area contributed by atoms with Crippen LogP contribution in [0.15, 0.2) is 58.0 Å². The minimum Gasteiger partial charge on any atom is -0.492 e. The highest BCUT2D eigenvalue weighted by atomic mass is 79.9. The fourth-order valence-corrected chi connectivity index (χ4v) is 4.13. The van der Waals surface area contributed by atoms with E-state index < -0.39 is 10.1 Å². The quantitative estimate of drug-likeness (QED) is 0.530. The van der Waals surface area contributed by atoms with Crippen molar-refractivity contribution >= 4 is 48.6 Å². The van der Waals surface area contributed by atoms with Crippen LogP contribution in [0.3, 0.4) is 0 Å². The first-order chi connectivity index (χ1) is 11.9. The number of benzene rings is 2. The lowest BCUT2D eigenvalue weighted by molar-refractivity contribution is 0.329. The summed E-state index contributed by atoms with van der Waals surface area (Å²) in [6.45, 7) is 2.10. The second kappa shape index (κ2) is 7.19. The minimum absolute atomic E-state index is 0.0669. The summed E-state index contributed by atoms with van der Waals surface area (Å²) >= 11 is 9.40. The Morgan fingerprint density at radius 3 is 2.68 bits per heavy atom. The van der Waals surface area contributed by atoms with E-state index in [1.54, 1.807) is 43.5 Å². The van der Waals surface area contributed by atoms with Crippen molar-refractivity contribution in [2.24, 2.45) is 0 Å². The van der Waals surface area contributed by atoms with Crippen LogP contribution in [-0.4, -0.2) is 20.0 Å². The maximum atomic E-state index is 12.8. The summed E-state index contributed by atoms with van der Waals surface area (Å²) in [7, 11) is -4.13. The molecule has 0 bridgehead atoms. The number of pyridine rings is 1. The molecule has 1 aromatic heterocycles. The highest BCUT2D eigenvalue weighted by molar-refractivity contribution is 9.10. The molecular formula is C17H13BrClNO4S. The summed E-state index contributed by atoms with van der Waals surface area (Å²) in [5.74, 6) is 0.319. The molecule has 1 heterocycles. The standard InChI is InChI=1S/C17H13BrClNO4S/c1-2-23-14-7-5-11(18)10-16(14)25(21,22)24-15-8-6-13(19)12-4-3-9-20-17(12)15/h3-10H,2H2,1H3. The third-order valence-corrected chi connectivity index (χ3v) is 5.43. The number of aromatic nitrogens is 1. The summed E-state index contributed by atoms with van der Waals surface area (Å²) in [4.78, 5) is 4.11. The Hall–Kier alpha value is -1.83. The summed E-state index contributed by atoms with van der Waals surface area (Å²) in [5, 5.41) is 1.07. The van der Waals surface area contributed by atoms with E-state index in [1.807, 2.05) is 0 Å². The Morgan fingerprint density at radius 1 is 1.16 bits per heavy atom. The Bertz CT molecular complexity index is 1040. The summed E-state index contributed by atoms with van der Waals surface area (Å²) in [6, 6.07) is 11.2. The monoisotopic (exact) mass is 441 g/mol. The summed E-state index contributed by atoms with van der Waals surface area (Å²) in [5.41, 5.74) is 0.367. The third kappa shape index (κ3) is 3.73. The van der Waals surface area contributed by atoms with Gasteiger partial charge in [0.05, 0.1) is 11.6 Å². The van der Waals surface area contributed by atoms with Gasteiger partial charge in [-0.2, -0.15) is 8.42 Å². The topological polar surface area (TPSA) is 65.5 Å². The van der Waals surface area contributed by atoms with Gasteiger partial charge in [-0.3, -0.25) is 4.98 Å². The van der Waals surface area contributed by atoms with Gasteiger partial charge >= 0.3 is 10.1 Å². The predicted octanol–water partition coefficient (Wildman–Crippen LogP) is 4.82. The van der Waals surface area contributed by atoms with E-state index in [2.05, 4.69) is 20.9 Å². The number of fused-ring (bicyclic) bond motifs is 1. The average molecular weight is 443 g/mol. The number of nitrogens with zero attached hydrogens (tertiary/aromatic N) is 1. The van der Waals surface area contributed by atoms with Crippen molar-refractivity contribution in [3.63, 3.8) is 0 Å². The van der Waals surface area contributed by atoms with E-state index in [9.17, 15) is 8.42 Å². The van der Waals surface area contributed by atoms with E-state index >= 15 is 0 Å². The van der Waals surface area contributed by atoms with E-state index in [1.165, 1.54) is 12.1 Å². The van der Waals surface area contributed by atoms with Crippen LogP contribution in [0.1, 0.15) is 6.92 Å². The molecule has 0 radical (unpaired) electrons. The molecule has 0 aliphatic rings. The maximum absolute atomic E-state index is 12.8. The van der Waals surface area contributed by atoms with E-state index in [0.717, 1.165) is 0 Å². The van der Waals surface area contributed by atoms with Crippen LogP contribution in [0.5, 0.6) is 11.5 Å². The maximum Gasteiger partial charge on any atom is 0.343 e. The van der Waals surface area contributed by atoms with Gasteiger partial charge in [0, 0.05) is 16.1 Å². The van der Waals surface area contributed by atoms with Gasteiger partial charge in [0.15, 0.2) is 5.75 Å². The lowest BCUT2D eigenvalue weighted by atomic mass is 10.2. The lowest BCUT2D eigenvalue weighted by Gasteiger charge is -2.13. The Balaban J connectivity index is 2.09. The first-order valence-electron chi connectivity index (χ1n) is 7.32. The number of hydrogen-bond donors (Lipinski definition) is 0. The van der Waals surface area contributed by atoms with Gasteiger partial charge in [0.1, 0.15) is 16.2 Å². The highest BCUT2D eigenvalue weighted by Crippen LogP contribution is 2.34. The Labute approximate surface area is 158 Å². The van der Waals surface area contributed by atoms with Gasteiger partial charge in [-0.15, -0.1) is 0 Å². The number of hydrogen-bond acceptors (Lipinski definition) is 5. The van der Waals surface area contributed by atoms with Crippen LogP contribution in [0.25, 0.3) is 10.9 Å². The lowest BCUT2D eigenvalue weighted by Crippen LogP contribution is -2.12. The van der Waals surface area contributed by atoms with Crippen molar-refractivity contribution < 1.29 is 17.3 Å². The fraction of sp³-hybridized carbons (Fsp3) is 0.118. The van der Waals surface area contributed by atoms with Crippen LogP contribution >= 0.6 is 27.5 Å². The van der Waals surface area contributed by atoms with Crippen molar-refractivity contribution in [2.45, 2.75) is 11.8 Å². The van der Waals surface area contributed by atoms with Gasteiger partial charge < -0.3 is 8.92 Å². The molecule has 25 heavy (non-hydrogen) atoms. The number of ether oxygens (including phenoxy) is 1. The molecule has 0 atom stereocenters. The molecule has 8 heteroatoms. The molecule has 130 valence electrons. The molecule has 0 aliphatic heterocycles. The second-order valence-electron chi connectivity index (χ2n) is 5.01. The molecule has 2 aromatic carbocycles. The smallest absolute Gasteiger partial charge is 0.343 e. The van der Waals surface area contributed by atoms with Gasteiger partial charge in [-0.25, -0.2) is 0 Å². The van der Waals surface area contributed by atoms with E-state index in [0.29, 0.717) is 27.0 Å². The Morgan fingerprint density at radius 2 is 1.92 bits per heavy atom. The molecule has 0 N–H and O–H groups in total. The zero-order valence-electron chi connectivity index (χ0n) is 13.1.